The summed E-state index contributed by atoms with van der Waals surface area (Å²) >= 11 is 0. The van der Waals surface area contributed by atoms with Gasteiger partial charge in [0.05, 0.1) is 11.7 Å². The van der Waals surface area contributed by atoms with E-state index in [9.17, 15) is 9.18 Å². The fourth-order valence-electron chi connectivity index (χ4n) is 2.65. The number of rotatable bonds is 6. The lowest BCUT2D eigenvalue weighted by Crippen LogP contribution is -2.44. The number of nitrogens with two attached hydrogens (primary N) is 1. The monoisotopic (exact) mass is 291 g/mol. The van der Waals surface area contributed by atoms with Crippen molar-refractivity contribution >= 4 is 17.3 Å². The molecule has 1 aromatic rings. The Bertz CT molecular complexity index is 540. The summed E-state index contributed by atoms with van der Waals surface area (Å²) < 4.78 is 13.1. The van der Waals surface area contributed by atoms with Crippen LogP contribution in [0.25, 0.3) is 0 Å². The number of hydrogen-bond donors (Lipinski definition) is 2. The third-order valence-electron chi connectivity index (χ3n) is 4.32. The number of carbonyl (C=O) groups excluding carboxylic acids is 1. The summed E-state index contributed by atoms with van der Waals surface area (Å²) in [4.78, 5) is 14.7. The molecule has 2 aliphatic carbocycles. The second kappa shape index (κ2) is 5.64. The van der Waals surface area contributed by atoms with Crippen molar-refractivity contribution in [1.82, 2.24) is 4.90 Å². The Hall–Kier alpha value is -1.62. The SMILES string of the molecule is CC(C(=O)Nc1ccc(F)c(N)c1)N(CC1CC1)C1CC1. The first-order valence-electron chi connectivity index (χ1n) is 7.66. The quantitative estimate of drug-likeness (QED) is 0.792. The highest BCUT2D eigenvalue weighted by Crippen LogP contribution is 2.36. The molecular weight excluding hydrogens is 269 g/mol. The van der Waals surface area contributed by atoms with E-state index in [-0.39, 0.29) is 17.6 Å². The van der Waals surface area contributed by atoms with Crippen molar-refractivity contribution in [3.8, 4) is 0 Å². The molecule has 3 rings (SSSR count). The average Bonchev–Trinajstić information content (AvgIpc) is 3.32. The predicted molar refractivity (Wildman–Crippen MR) is 81.4 cm³/mol. The van der Waals surface area contributed by atoms with Crippen LogP contribution in [0.1, 0.15) is 32.6 Å². The van der Waals surface area contributed by atoms with E-state index in [1.165, 1.54) is 37.8 Å². The third-order valence-corrected chi connectivity index (χ3v) is 4.32. The standard InChI is InChI=1S/C16H22FN3O/c1-10(20(13-5-6-13)9-11-2-3-11)16(21)19-12-4-7-14(17)15(18)8-12/h4,7-8,10-11,13H,2-3,5-6,9,18H2,1H3,(H,19,21). The Kier molecular flexibility index (Phi) is 3.85. The van der Waals surface area contributed by atoms with Gasteiger partial charge in [0.2, 0.25) is 5.91 Å². The van der Waals surface area contributed by atoms with Gasteiger partial charge in [-0.2, -0.15) is 0 Å². The predicted octanol–water partition coefficient (Wildman–Crippen LogP) is 2.61. The Morgan fingerprint density at radius 3 is 2.71 bits per heavy atom. The number of hydrogen-bond acceptors (Lipinski definition) is 3. The third kappa shape index (κ3) is 3.53. The Balaban J connectivity index is 1.63. The first-order valence-corrected chi connectivity index (χ1v) is 7.66. The molecule has 3 N–H and O–H groups in total. The molecule has 2 aliphatic rings. The van der Waals surface area contributed by atoms with E-state index in [0.717, 1.165) is 12.5 Å². The second-order valence-electron chi connectivity index (χ2n) is 6.27. The first kappa shape index (κ1) is 14.3. The van der Waals surface area contributed by atoms with E-state index in [0.29, 0.717) is 11.7 Å². The van der Waals surface area contributed by atoms with Crippen LogP contribution >= 0.6 is 0 Å². The maximum atomic E-state index is 13.1. The molecule has 1 unspecified atom stereocenters. The lowest BCUT2D eigenvalue weighted by atomic mass is 10.2. The lowest BCUT2D eigenvalue weighted by Gasteiger charge is -2.28. The molecule has 0 heterocycles. The summed E-state index contributed by atoms with van der Waals surface area (Å²) in [6, 6.07) is 4.67. The van der Waals surface area contributed by atoms with Crippen molar-refractivity contribution in [2.45, 2.75) is 44.7 Å². The summed E-state index contributed by atoms with van der Waals surface area (Å²) in [6.07, 6.45) is 4.94. The minimum atomic E-state index is -0.464. The van der Waals surface area contributed by atoms with E-state index < -0.39 is 5.82 Å². The highest BCUT2D eigenvalue weighted by Gasteiger charge is 2.38. The molecule has 21 heavy (non-hydrogen) atoms. The molecule has 0 spiro atoms. The molecule has 1 atom stereocenters. The molecule has 2 saturated carbocycles. The number of anilines is 2. The molecule has 1 amide bonds. The number of nitrogens with zero attached hydrogens (tertiary/aromatic N) is 1. The van der Waals surface area contributed by atoms with Gasteiger partial charge in [0.25, 0.3) is 0 Å². The Morgan fingerprint density at radius 1 is 1.43 bits per heavy atom. The summed E-state index contributed by atoms with van der Waals surface area (Å²) in [5, 5.41) is 2.84. The Labute approximate surface area is 124 Å². The molecule has 2 fully saturated rings. The summed E-state index contributed by atoms with van der Waals surface area (Å²) in [6.45, 7) is 2.97. The minimum absolute atomic E-state index is 0.0476. The fraction of sp³-hybridized carbons (Fsp3) is 0.562. The van der Waals surface area contributed by atoms with Gasteiger partial charge in [-0.1, -0.05) is 0 Å². The van der Waals surface area contributed by atoms with Gasteiger partial charge >= 0.3 is 0 Å². The van der Waals surface area contributed by atoms with Crippen molar-refractivity contribution in [2.75, 3.05) is 17.6 Å². The van der Waals surface area contributed by atoms with Gasteiger partial charge in [-0.05, 0) is 56.7 Å². The summed E-state index contributed by atoms with van der Waals surface area (Å²) in [7, 11) is 0. The van der Waals surface area contributed by atoms with E-state index >= 15 is 0 Å². The molecule has 0 aromatic heterocycles. The van der Waals surface area contributed by atoms with Crippen LogP contribution in [0.2, 0.25) is 0 Å². The van der Waals surface area contributed by atoms with Crippen LogP contribution in [0.4, 0.5) is 15.8 Å². The molecule has 0 aliphatic heterocycles. The number of nitrogen functional groups attached to an aromatic ring is 1. The van der Waals surface area contributed by atoms with Crippen molar-refractivity contribution in [3.63, 3.8) is 0 Å². The van der Waals surface area contributed by atoms with Crippen molar-refractivity contribution in [1.29, 1.82) is 0 Å². The van der Waals surface area contributed by atoms with E-state index in [2.05, 4.69) is 10.2 Å². The van der Waals surface area contributed by atoms with Crippen LogP contribution in [-0.2, 0) is 4.79 Å². The van der Waals surface area contributed by atoms with E-state index in [1.807, 2.05) is 6.92 Å². The fourth-order valence-corrected chi connectivity index (χ4v) is 2.65. The highest BCUT2D eigenvalue weighted by molar-refractivity contribution is 5.95. The van der Waals surface area contributed by atoms with Gasteiger partial charge in [-0.15, -0.1) is 0 Å². The van der Waals surface area contributed by atoms with Crippen LogP contribution in [0.5, 0.6) is 0 Å². The minimum Gasteiger partial charge on any atom is -0.396 e. The first-order chi connectivity index (χ1) is 10.0. The summed E-state index contributed by atoms with van der Waals surface area (Å²) in [5.74, 6) is 0.255. The maximum Gasteiger partial charge on any atom is 0.241 e. The van der Waals surface area contributed by atoms with Gasteiger partial charge < -0.3 is 11.1 Å². The maximum absolute atomic E-state index is 13.1. The van der Waals surface area contributed by atoms with Crippen LogP contribution in [-0.4, -0.2) is 29.4 Å². The number of halogens is 1. The van der Waals surface area contributed by atoms with Crippen LogP contribution in [0.15, 0.2) is 18.2 Å². The largest absolute Gasteiger partial charge is 0.396 e. The van der Waals surface area contributed by atoms with Crippen molar-refractivity contribution < 1.29 is 9.18 Å². The average molecular weight is 291 g/mol. The molecule has 4 nitrogen and oxygen atoms in total. The Morgan fingerprint density at radius 2 is 2.14 bits per heavy atom. The topological polar surface area (TPSA) is 58.4 Å². The highest BCUT2D eigenvalue weighted by atomic mass is 19.1. The van der Waals surface area contributed by atoms with Gasteiger partial charge in [-0.3, -0.25) is 9.69 Å². The second-order valence-corrected chi connectivity index (χ2v) is 6.27. The molecule has 0 bridgehead atoms. The van der Waals surface area contributed by atoms with Crippen LogP contribution < -0.4 is 11.1 Å². The molecule has 0 saturated heterocycles. The number of amides is 1. The van der Waals surface area contributed by atoms with Gasteiger partial charge in [0.1, 0.15) is 5.82 Å². The normalized spacial score (nSPS) is 19.6. The molecule has 1 aromatic carbocycles. The van der Waals surface area contributed by atoms with Crippen LogP contribution in [0, 0.1) is 11.7 Å². The van der Waals surface area contributed by atoms with E-state index in [4.69, 9.17) is 5.73 Å². The zero-order valence-corrected chi connectivity index (χ0v) is 12.3. The number of nitrogens with one attached hydrogen (secondary N) is 1. The van der Waals surface area contributed by atoms with Crippen molar-refractivity contribution in [3.05, 3.63) is 24.0 Å². The zero-order valence-electron chi connectivity index (χ0n) is 12.3. The van der Waals surface area contributed by atoms with Crippen LogP contribution in [0.3, 0.4) is 0 Å². The van der Waals surface area contributed by atoms with E-state index in [1.54, 1.807) is 6.07 Å². The molecule has 0 radical (unpaired) electrons. The number of benzene rings is 1. The van der Waals surface area contributed by atoms with Gasteiger partial charge in [-0.25, -0.2) is 4.39 Å². The van der Waals surface area contributed by atoms with Crippen molar-refractivity contribution in [2.24, 2.45) is 5.92 Å². The zero-order chi connectivity index (χ0) is 15.0. The number of carbonyl (C=O) groups is 1. The molecular formula is C16H22FN3O. The van der Waals surface area contributed by atoms with Gasteiger partial charge in [0.15, 0.2) is 0 Å². The lowest BCUT2D eigenvalue weighted by molar-refractivity contribution is -0.121. The smallest absolute Gasteiger partial charge is 0.241 e. The molecule has 114 valence electrons. The summed E-state index contributed by atoms with van der Waals surface area (Å²) in [5.41, 5.74) is 6.13. The molecule has 5 heteroatoms. The van der Waals surface area contributed by atoms with Gasteiger partial charge in [0, 0.05) is 18.3 Å².